The highest BCUT2D eigenvalue weighted by atomic mass is 16.2. The fraction of sp³-hybridized carbons (Fsp3) is 0.933. The summed E-state index contributed by atoms with van der Waals surface area (Å²) in [6, 6.07) is 0. The molecular weight excluding hydrogens is 212 g/mol. The maximum Gasteiger partial charge on any atom is 0.119 e. The Labute approximate surface area is 107 Å². The van der Waals surface area contributed by atoms with Crippen LogP contribution in [0.1, 0.15) is 83.5 Å². The van der Waals surface area contributed by atoms with E-state index in [4.69, 9.17) is 5.11 Å². The number of rotatable bonds is 14. The Bertz CT molecular complexity index is 146. The Morgan fingerprint density at radius 3 is 1.29 bits per heavy atom. The fourth-order valence-corrected chi connectivity index (χ4v) is 2.11. The third-order valence-electron chi connectivity index (χ3n) is 3.23. The van der Waals surface area contributed by atoms with Crippen LogP contribution < -0.4 is 0 Å². The molecule has 0 aromatic carbocycles. The van der Waals surface area contributed by atoms with Crippen LogP contribution >= 0.6 is 0 Å². The van der Waals surface area contributed by atoms with E-state index >= 15 is 0 Å². The van der Waals surface area contributed by atoms with Gasteiger partial charge in [-0.25, -0.2) is 0 Å². The van der Waals surface area contributed by atoms with Crippen LogP contribution in [-0.4, -0.2) is 18.0 Å². The first-order valence-electron chi connectivity index (χ1n) is 7.46. The van der Waals surface area contributed by atoms with E-state index in [-0.39, 0.29) is 0 Å². The average molecular weight is 242 g/mol. The van der Waals surface area contributed by atoms with Crippen LogP contribution in [0, 0.1) is 0 Å². The van der Waals surface area contributed by atoms with Gasteiger partial charge in [-0.15, -0.1) is 0 Å². The zero-order chi connectivity index (χ0) is 12.6. The molecule has 0 saturated heterocycles. The number of hydrogen-bond acceptors (Lipinski definition) is 2. The molecule has 0 bridgehead atoms. The predicted octanol–water partition coefficient (Wildman–Crippen LogP) is 4.25. The van der Waals surface area contributed by atoms with E-state index in [1.165, 1.54) is 64.2 Å². The molecule has 0 aliphatic carbocycles. The number of aldehydes is 1. The molecule has 0 rings (SSSR count). The van der Waals surface area contributed by atoms with Gasteiger partial charge in [0.1, 0.15) is 6.29 Å². The number of carbonyl (C=O) groups is 1. The Balaban J connectivity index is 2.87. The van der Waals surface area contributed by atoms with E-state index < -0.39 is 0 Å². The van der Waals surface area contributed by atoms with Gasteiger partial charge >= 0.3 is 0 Å². The van der Waals surface area contributed by atoms with Crippen molar-refractivity contribution in [3.63, 3.8) is 0 Å². The van der Waals surface area contributed by atoms with Gasteiger partial charge in [-0.1, -0.05) is 64.2 Å². The zero-order valence-electron chi connectivity index (χ0n) is 11.3. The van der Waals surface area contributed by atoms with Crippen LogP contribution in [0.15, 0.2) is 0 Å². The van der Waals surface area contributed by atoms with E-state index in [0.29, 0.717) is 6.61 Å². The van der Waals surface area contributed by atoms with Gasteiger partial charge in [-0.2, -0.15) is 0 Å². The summed E-state index contributed by atoms with van der Waals surface area (Å²) >= 11 is 0. The highest BCUT2D eigenvalue weighted by Gasteiger charge is 1.93. The van der Waals surface area contributed by atoms with E-state index in [9.17, 15) is 4.79 Å². The quantitative estimate of drug-likeness (QED) is 0.365. The lowest BCUT2D eigenvalue weighted by molar-refractivity contribution is -0.107. The molecular formula is C15H30O2. The predicted molar refractivity (Wildman–Crippen MR) is 73.2 cm³/mol. The number of unbranched alkanes of at least 4 members (excludes halogenated alkanes) is 12. The third-order valence-corrected chi connectivity index (χ3v) is 3.23. The second-order valence-electron chi connectivity index (χ2n) is 4.92. The molecule has 0 atom stereocenters. The monoisotopic (exact) mass is 242 g/mol. The Morgan fingerprint density at radius 2 is 0.941 bits per heavy atom. The van der Waals surface area contributed by atoms with E-state index in [1.807, 2.05) is 0 Å². The van der Waals surface area contributed by atoms with Crippen LogP contribution in [0.3, 0.4) is 0 Å². The molecule has 2 heteroatoms. The molecule has 0 amide bonds. The second kappa shape index (κ2) is 15.6. The summed E-state index contributed by atoms with van der Waals surface area (Å²) in [7, 11) is 0. The molecule has 0 unspecified atom stereocenters. The highest BCUT2D eigenvalue weighted by molar-refractivity contribution is 5.48. The first-order valence-corrected chi connectivity index (χ1v) is 7.46. The molecule has 0 heterocycles. The molecule has 0 radical (unpaired) electrons. The summed E-state index contributed by atoms with van der Waals surface area (Å²) < 4.78 is 0. The third kappa shape index (κ3) is 15.6. The molecule has 2 nitrogen and oxygen atoms in total. The van der Waals surface area contributed by atoms with Gasteiger partial charge in [-0.05, 0) is 12.8 Å². The first-order chi connectivity index (χ1) is 8.41. The first kappa shape index (κ1) is 16.6. The lowest BCUT2D eigenvalue weighted by atomic mass is 10.0. The second-order valence-corrected chi connectivity index (χ2v) is 4.92. The molecule has 0 spiro atoms. The van der Waals surface area contributed by atoms with E-state index in [2.05, 4.69) is 0 Å². The van der Waals surface area contributed by atoms with Crippen molar-refractivity contribution < 1.29 is 9.90 Å². The van der Waals surface area contributed by atoms with Crippen molar-refractivity contribution >= 4 is 6.29 Å². The SMILES string of the molecule is O=CCCCCCCCCCCCCCCO. The number of aliphatic hydroxyl groups is 1. The molecule has 0 aliphatic heterocycles. The fourth-order valence-electron chi connectivity index (χ4n) is 2.11. The van der Waals surface area contributed by atoms with E-state index in [1.54, 1.807) is 0 Å². The minimum absolute atomic E-state index is 0.351. The van der Waals surface area contributed by atoms with Crippen molar-refractivity contribution in [2.45, 2.75) is 83.5 Å². The minimum Gasteiger partial charge on any atom is -0.396 e. The van der Waals surface area contributed by atoms with Crippen LogP contribution in [0.25, 0.3) is 0 Å². The standard InChI is InChI=1S/C15H30O2/c16-14-12-10-8-6-4-2-1-3-5-7-9-11-13-15-17/h14,17H,1-13,15H2. The van der Waals surface area contributed by atoms with Gasteiger partial charge in [0.2, 0.25) is 0 Å². The van der Waals surface area contributed by atoms with Gasteiger partial charge in [0.25, 0.3) is 0 Å². The lowest BCUT2D eigenvalue weighted by Gasteiger charge is -2.02. The van der Waals surface area contributed by atoms with E-state index in [0.717, 1.165) is 25.5 Å². The Hall–Kier alpha value is -0.370. The average Bonchev–Trinajstić information content (AvgIpc) is 2.35. The maximum absolute atomic E-state index is 10.1. The maximum atomic E-state index is 10.1. The summed E-state index contributed by atoms with van der Waals surface area (Å²) in [5, 5.41) is 8.62. The molecule has 0 aliphatic rings. The Kier molecular flexibility index (Phi) is 15.3. The molecule has 102 valence electrons. The smallest absolute Gasteiger partial charge is 0.119 e. The van der Waals surface area contributed by atoms with Crippen molar-refractivity contribution in [1.29, 1.82) is 0 Å². The molecule has 17 heavy (non-hydrogen) atoms. The van der Waals surface area contributed by atoms with Crippen LogP contribution in [-0.2, 0) is 4.79 Å². The zero-order valence-corrected chi connectivity index (χ0v) is 11.3. The Morgan fingerprint density at radius 1 is 0.588 bits per heavy atom. The van der Waals surface area contributed by atoms with Gasteiger partial charge in [-0.3, -0.25) is 0 Å². The summed E-state index contributed by atoms with van der Waals surface area (Å²) in [5.41, 5.74) is 0. The summed E-state index contributed by atoms with van der Waals surface area (Å²) in [4.78, 5) is 10.1. The summed E-state index contributed by atoms with van der Waals surface area (Å²) in [6.07, 6.45) is 16.9. The van der Waals surface area contributed by atoms with Crippen molar-refractivity contribution in [3.8, 4) is 0 Å². The molecule has 0 aromatic heterocycles. The van der Waals surface area contributed by atoms with Crippen molar-refractivity contribution in [2.75, 3.05) is 6.61 Å². The number of carbonyl (C=O) groups excluding carboxylic acids is 1. The highest BCUT2D eigenvalue weighted by Crippen LogP contribution is 2.12. The molecule has 0 fully saturated rings. The minimum atomic E-state index is 0.351. The van der Waals surface area contributed by atoms with Gasteiger partial charge in [0, 0.05) is 13.0 Å². The number of hydrogen-bond donors (Lipinski definition) is 1. The van der Waals surface area contributed by atoms with Gasteiger partial charge in [0.15, 0.2) is 0 Å². The van der Waals surface area contributed by atoms with Gasteiger partial charge < -0.3 is 9.90 Å². The number of aliphatic hydroxyl groups excluding tert-OH is 1. The van der Waals surface area contributed by atoms with Crippen molar-refractivity contribution in [2.24, 2.45) is 0 Å². The topological polar surface area (TPSA) is 37.3 Å². The van der Waals surface area contributed by atoms with Crippen LogP contribution in [0.5, 0.6) is 0 Å². The van der Waals surface area contributed by atoms with Crippen molar-refractivity contribution in [1.82, 2.24) is 0 Å². The largest absolute Gasteiger partial charge is 0.396 e. The lowest BCUT2D eigenvalue weighted by Crippen LogP contribution is -1.85. The van der Waals surface area contributed by atoms with Crippen molar-refractivity contribution in [3.05, 3.63) is 0 Å². The van der Waals surface area contributed by atoms with Crippen LogP contribution in [0.4, 0.5) is 0 Å². The van der Waals surface area contributed by atoms with Gasteiger partial charge in [0.05, 0.1) is 0 Å². The summed E-state index contributed by atoms with van der Waals surface area (Å²) in [6.45, 7) is 0.351. The van der Waals surface area contributed by atoms with Crippen LogP contribution in [0.2, 0.25) is 0 Å². The summed E-state index contributed by atoms with van der Waals surface area (Å²) in [5.74, 6) is 0. The normalized spacial score (nSPS) is 10.6. The molecule has 0 aromatic rings. The molecule has 0 saturated carbocycles. The molecule has 1 N–H and O–H groups in total.